The Labute approximate surface area is 109 Å². The van der Waals surface area contributed by atoms with E-state index in [1.54, 1.807) is 12.1 Å². The van der Waals surface area contributed by atoms with E-state index in [-0.39, 0.29) is 24.8 Å². The molecular formula is C11H20Cl2N2O. The zero-order chi connectivity index (χ0) is 10.4. The summed E-state index contributed by atoms with van der Waals surface area (Å²) in [7, 11) is 0. The molecule has 94 valence electrons. The van der Waals surface area contributed by atoms with Crippen LogP contribution in [0.1, 0.15) is 12.5 Å². The maximum atomic E-state index is 9.29. The molecule has 0 bridgehead atoms. The number of likely N-dealkylation sites (N-methyl/N-ethyl adjacent to an activating group) is 1. The normalized spacial score (nSPS) is 9.44. The molecule has 16 heavy (non-hydrogen) atoms. The van der Waals surface area contributed by atoms with Gasteiger partial charge in [-0.2, -0.15) is 0 Å². The molecule has 1 rings (SSSR count). The van der Waals surface area contributed by atoms with Crippen LogP contribution in [0.2, 0.25) is 0 Å². The van der Waals surface area contributed by atoms with Gasteiger partial charge in [0.1, 0.15) is 5.75 Å². The Balaban J connectivity index is 0. The number of halogens is 2. The summed E-state index contributed by atoms with van der Waals surface area (Å²) in [6.45, 7) is 5.51. The van der Waals surface area contributed by atoms with Crippen LogP contribution in [0.4, 0.5) is 0 Å². The van der Waals surface area contributed by atoms with Crippen molar-refractivity contribution in [1.82, 2.24) is 4.90 Å². The van der Waals surface area contributed by atoms with E-state index in [2.05, 4.69) is 11.8 Å². The highest BCUT2D eigenvalue weighted by atomic mass is 35.5. The van der Waals surface area contributed by atoms with Crippen LogP contribution in [0.15, 0.2) is 24.3 Å². The van der Waals surface area contributed by atoms with Gasteiger partial charge in [0, 0.05) is 19.6 Å². The molecule has 1 aromatic rings. The SMILES string of the molecule is CCN(CCN)Cc1cccc(O)c1.Cl.Cl. The maximum Gasteiger partial charge on any atom is 0.115 e. The molecule has 0 aromatic heterocycles. The zero-order valence-electron chi connectivity index (χ0n) is 9.43. The number of hydrogen-bond acceptors (Lipinski definition) is 3. The van der Waals surface area contributed by atoms with E-state index in [1.165, 1.54) is 0 Å². The summed E-state index contributed by atoms with van der Waals surface area (Å²) in [6, 6.07) is 7.35. The number of rotatable bonds is 5. The first-order chi connectivity index (χ1) is 6.76. The van der Waals surface area contributed by atoms with E-state index >= 15 is 0 Å². The Bertz CT molecular complexity index is 284. The van der Waals surface area contributed by atoms with Crippen LogP contribution in [0.25, 0.3) is 0 Å². The minimum atomic E-state index is 0. The van der Waals surface area contributed by atoms with Crippen LogP contribution in [-0.2, 0) is 6.54 Å². The van der Waals surface area contributed by atoms with Gasteiger partial charge >= 0.3 is 0 Å². The second-order valence-electron chi connectivity index (χ2n) is 3.33. The Morgan fingerprint density at radius 3 is 2.50 bits per heavy atom. The van der Waals surface area contributed by atoms with Crippen LogP contribution in [0.5, 0.6) is 5.75 Å². The minimum Gasteiger partial charge on any atom is -0.508 e. The average molecular weight is 267 g/mol. The van der Waals surface area contributed by atoms with Gasteiger partial charge in [-0.25, -0.2) is 0 Å². The van der Waals surface area contributed by atoms with E-state index in [0.29, 0.717) is 12.3 Å². The molecule has 0 saturated carbocycles. The van der Waals surface area contributed by atoms with Gasteiger partial charge in [0.25, 0.3) is 0 Å². The highest BCUT2D eigenvalue weighted by Crippen LogP contribution is 2.12. The number of aromatic hydroxyl groups is 1. The van der Waals surface area contributed by atoms with Gasteiger partial charge in [-0.1, -0.05) is 19.1 Å². The predicted octanol–water partition coefficient (Wildman–Crippen LogP) is 2.02. The van der Waals surface area contributed by atoms with Crippen molar-refractivity contribution >= 4 is 24.8 Å². The Morgan fingerprint density at radius 2 is 2.00 bits per heavy atom. The van der Waals surface area contributed by atoms with E-state index in [1.807, 2.05) is 12.1 Å². The lowest BCUT2D eigenvalue weighted by Gasteiger charge is -2.19. The number of nitrogens with two attached hydrogens (primary N) is 1. The predicted molar refractivity (Wildman–Crippen MR) is 72.6 cm³/mol. The summed E-state index contributed by atoms with van der Waals surface area (Å²) in [5.41, 5.74) is 6.62. The standard InChI is InChI=1S/C11H18N2O.2ClH/c1-2-13(7-6-12)9-10-4-3-5-11(14)8-10;;/h3-5,8,14H,2,6-7,9,12H2,1H3;2*1H. The van der Waals surface area contributed by atoms with Crippen molar-refractivity contribution in [1.29, 1.82) is 0 Å². The number of phenols is 1. The molecule has 0 unspecified atom stereocenters. The summed E-state index contributed by atoms with van der Waals surface area (Å²) in [5, 5.41) is 9.29. The molecule has 3 nitrogen and oxygen atoms in total. The summed E-state index contributed by atoms with van der Waals surface area (Å²) in [4.78, 5) is 2.24. The topological polar surface area (TPSA) is 49.5 Å². The second kappa shape index (κ2) is 9.73. The third-order valence-corrected chi connectivity index (χ3v) is 2.21. The molecule has 0 aliphatic rings. The van der Waals surface area contributed by atoms with Gasteiger partial charge in [-0.3, -0.25) is 4.90 Å². The van der Waals surface area contributed by atoms with E-state index in [4.69, 9.17) is 5.73 Å². The van der Waals surface area contributed by atoms with E-state index < -0.39 is 0 Å². The van der Waals surface area contributed by atoms with Crippen LogP contribution >= 0.6 is 24.8 Å². The van der Waals surface area contributed by atoms with Gasteiger partial charge in [0.15, 0.2) is 0 Å². The highest BCUT2D eigenvalue weighted by Gasteiger charge is 2.02. The van der Waals surface area contributed by atoms with Crippen molar-refractivity contribution in [3.05, 3.63) is 29.8 Å². The zero-order valence-corrected chi connectivity index (χ0v) is 11.1. The molecule has 0 aliphatic carbocycles. The molecule has 0 fully saturated rings. The van der Waals surface area contributed by atoms with Gasteiger partial charge < -0.3 is 10.8 Å². The second-order valence-corrected chi connectivity index (χ2v) is 3.33. The number of phenolic OH excluding ortho intramolecular Hbond substituents is 1. The van der Waals surface area contributed by atoms with E-state index in [0.717, 1.165) is 25.2 Å². The fourth-order valence-corrected chi connectivity index (χ4v) is 1.44. The molecule has 0 aliphatic heterocycles. The number of benzene rings is 1. The number of hydrogen-bond donors (Lipinski definition) is 2. The lowest BCUT2D eigenvalue weighted by atomic mass is 10.2. The first-order valence-corrected chi connectivity index (χ1v) is 4.96. The molecular weight excluding hydrogens is 247 g/mol. The summed E-state index contributed by atoms with van der Waals surface area (Å²) in [6.07, 6.45) is 0. The van der Waals surface area contributed by atoms with Gasteiger partial charge in [0.2, 0.25) is 0 Å². The van der Waals surface area contributed by atoms with Crippen LogP contribution in [-0.4, -0.2) is 29.6 Å². The average Bonchev–Trinajstić information content (AvgIpc) is 2.17. The van der Waals surface area contributed by atoms with Crippen molar-refractivity contribution < 1.29 is 5.11 Å². The molecule has 0 saturated heterocycles. The van der Waals surface area contributed by atoms with Gasteiger partial charge in [-0.15, -0.1) is 24.8 Å². The molecule has 0 spiro atoms. The maximum absolute atomic E-state index is 9.29. The number of nitrogens with zero attached hydrogens (tertiary/aromatic N) is 1. The molecule has 0 radical (unpaired) electrons. The van der Waals surface area contributed by atoms with Crippen LogP contribution in [0, 0.1) is 0 Å². The smallest absolute Gasteiger partial charge is 0.115 e. The van der Waals surface area contributed by atoms with Crippen molar-refractivity contribution in [3.63, 3.8) is 0 Å². The summed E-state index contributed by atoms with van der Waals surface area (Å²) in [5.74, 6) is 0.325. The lowest BCUT2D eigenvalue weighted by Crippen LogP contribution is -2.28. The highest BCUT2D eigenvalue weighted by molar-refractivity contribution is 5.85. The molecule has 0 atom stereocenters. The Kier molecular flexibility index (Phi) is 10.9. The molecule has 0 amide bonds. The minimum absolute atomic E-state index is 0. The third-order valence-electron chi connectivity index (χ3n) is 2.21. The molecule has 5 heteroatoms. The first-order valence-electron chi connectivity index (χ1n) is 4.96. The van der Waals surface area contributed by atoms with E-state index in [9.17, 15) is 5.11 Å². The monoisotopic (exact) mass is 266 g/mol. The fourth-order valence-electron chi connectivity index (χ4n) is 1.44. The van der Waals surface area contributed by atoms with Crippen molar-refractivity contribution in [2.75, 3.05) is 19.6 Å². The largest absolute Gasteiger partial charge is 0.508 e. The van der Waals surface area contributed by atoms with Crippen molar-refractivity contribution in [2.45, 2.75) is 13.5 Å². The van der Waals surface area contributed by atoms with Gasteiger partial charge in [-0.05, 0) is 24.2 Å². The molecule has 0 heterocycles. The van der Waals surface area contributed by atoms with Crippen LogP contribution in [0.3, 0.4) is 0 Å². The first kappa shape index (κ1) is 17.9. The Hall–Kier alpha value is -0.480. The van der Waals surface area contributed by atoms with Crippen molar-refractivity contribution in [3.8, 4) is 5.75 Å². The quantitative estimate of drug-likeness (QED) is 0.858. The Morgan fingerprint density at radius 1 is 1.31 bits per heavy atom. The third kappa shape index (κ3) is 6.18. The summed E-state index contributed by atoms with van der Waals surface area (Å²) < 4.78 is 0. The lowest BCUT2D eigenvalue weighted by molar-refractivity contribution is 0.288. The van der Waals surface area contributed by atoms with Gasteiger partial charge in [0.05, 0.1) is 0 Å². The van der Waals surface area contributed by atoms with Crippen molar-refractivity contribution in [2.24, 2.45) is 5.73 Å². The molecule has 3 N–H and O–H groups in total. The molecule has 1 aromatic carbocycles. The van der Waals surface area contributed by atoms with Crippen LogP contribution < -0.4 is 5.73 Å². The summed E-state index contributed by atoms with van der Waals surface area (Å²) >= 11 is 0. The fraction of sp³-hybridized carbons (Fsp3) is 0.455.